The third-order valence-electron chi connectivity index (χ3n) is 4.22. The first kappa shape index (κ1) is 16.4. The molecular weight excluding hydrogens is 276 g/mol. The van der Waals surface area contributed by atoms with Crippen LogP contribution in [0.1, 0.15) is 52.9 Å². The van der Waals surface area contributed by atoms with Crippen molar-refractivity contribution in [2.75, 3.05) is 0 Å². The highest BCUT2D eigenvalue weighted by molar-refractivity contribution is 6.16. The first-order chi connectivity index (χ1) is 10.6. The van der Waals surface area contributed by atoms with E-state index < -0.39 is 0 Å². The van der Waals surface area contributed by atoms with Gasteiger partial charge in [0.25, 0.3) is 0 Å². The Balaban J connectivity index is 2.40. The van der Waals surface area contributed by atoms with E-state index in [2.05, 4.69) is 12.3 Å². The minimum Gasteiger partial charge on any atom is -0.227 e. The average Bonchev–Trinajstić information content (AvgIpc) is 2.79. The van der Waals surface area contributed by atoms with Crippen LogP contribution in [0, 0.1) is 0 Å². The van der Waals surface area contributed by atoms with Crippen LogP contribution in [0.5, 0.6) is 0 Å². The second-order valence-electron chi connectivity index (χ2n) is 5.73. The number of nitrogens with one attached hydrogen (secondary N) is 1. The summed E-state index contributed by atoms with van der Waals surface area (Å²) in [6.07, 6.45) is 3.91. The Kier molecular flexibility index (Phi) is 5.14. The lowest BCUT2D eigenvalue weighted by molar-refractivity contribution is -0.143. The van der Waals surface area contributed by atoms with Gasteiger partial charge in [-0.05, 0) is 19.8 Å². The molecule has 0 aliphatic carbocycles. The molecule has 1 aromatic rings. The SMILES string of the molecule is CCCCCC(=O)[N+]1(c2ccccc2)NC(C)=C(CC)C1=O. The van der Waals surface area contributed by atoms with Gasteiger partial charge in [0.1, 0.15) is 0 Å². The highest BCUT2D eigenvalue weighted by Gasteiger charge is 2.53. The molecule has 0 saturated heterocycles. The van der Waals surface area contributed by atoms with Crippen LogP contribution in [0.2, 0.25) is 0 Å². The van der Waals surface area contributed by atoms with Gasteiger partial charge in [-0.3, -0.25) is 0 Å². The molecule has 1 N–H and O–H groups in total. The number of hydrogen-bond acceptors (Lipinski definition) is 3. The molecule has 1 aromatic carbocycles. The molecule has 1 atom stereocenters. The molecule has 0 bridgehead atoms. The lowest BCUT2D eigenvalue weighted by Crippen LogP contribution is -2.63. The molecule has 4 heteroatoms. The van der Waals surface area contributed by atoms with Gasteiger partial charge in [0.15, 0.2) is 5.69 Å². The zero-order valence-electron chi connectivity index (χ0n) is 13.7. The lowest BCUT2D eigenvalue weighted by Gasteiger charge is -2.28. The third-order valence-corrected chi connectivity index (χ3v) is 4.22. The molecule has 1 unspecified atom stereocenters. The van der Waals surface area contributed by atoms with E-state index in [9.17, 15) is 9.59 Å². The summed E-state index contributed by atoms with van der Waals surface area (Å²) in [6.45, 7) is 5.93. The van der Waals surface area contributed by atoms with E-state index in [1.54, 1.807) is 0 Å². The summed E-state index contributed by atoms with van der Waals surface area (Å²) in [7, 11) is 0. The zero-order valence-corrected chi connectivity index (χ0v) is 13.7. The van der Waals surface area contributed by atoms with Gasteiger partial charge in [0.2, 0.25) is 0 Å². The van der Waals surface area contributed by atoms with E-state index in [0.29, 0.717) is 24.1 Å². The minimum absolute atomic E-state index is 0.0764. The number of para-hydroxylation sites is 1. The van der Waals surface area contributed by atoms with Crippen molar-refractivity contribution in [3.05, 3.63) is 41.6 Å². The Morgan fingerprint density at radius 2 is 1.82 bits per heavy atom. The summed E-state index contributed by atoms with van der Waals surface area (Å²) in [6, 6.07) is 9.30. The Hall–Kier alpha value is -1.94. The minimum atomic E-state index is -0.389. The number of nitrogens with zero attached hydrogens (tertiary/aromatic N) is 1. The quantitative estimate of drug-likeness (QED) is 0.641. The Labute approximate surface area is 132 Å². The molecular formula is C18H25N2O2+. The van der Waals surface area contributed by atoms with Crippen LogP contribution >= 0.6 is 0 Å². The maximum Gasteiger partial charge on any atom is 0.380 e. The molecule has 22 heavy (non-hydrogen) atoms. The van der Waals surface area contributed by atoms with Crippen molar-refractivity contribution in [1.82, 2.24) is 10.0 Å². The molecule has 1 aliphatic rings. The molecule has 2 rings (SSSR count). The van der Waals surface area contributed by atoms with Crippen molar-refractivity contribution in [3.8, 4) is 0 Å². The van der Waals surface area contributed by atoms with E-state index in [4.69, 9.17) is 0 Å². The van der Waals surface area contributed by atoms with Gasteiger partial charge < -0.3 is 0 Å². The molecule has 0 saturated carbocycles. The highest BCUT2D eigenvalue weighted by atomic mass is 16.2. The summed E-state index contributed by atoms with van der Waals surface area (Å²) < 4.78 is -0.389. The first-order valence-electron chi connectivity index (χ1n) is 8.08. The molecule has 1 aliphatic heterocycles. The van der Waals surface area contributed by atoms with Gasteiger partial charge >= 0.3 is 11.8 Å². The Morgan fingerprint density at radius 1 is 1.14 bits per heavy atom. The second kappa shape index (κ2) is 6.88. The number of carbonyl (C=O) groups excluding carboxylic acids is 2. The Bertz CT molecular complexity index is 592. The van der Waals surface area contributed by atoms with Crippen LogP contribution in [0.4, 0.5) is 5.69 Å². The van der Waals surface area contributed by atoms with Gasteiger partial charge in [-0.1, -0.05) is 49.5 Å². The van der Waals surface area contributed by atoms with Crippen LogP contribution in [0.25, 0.3) is 0 Å². The van der Waals surface area contributed by atoms with Gasteiger partial charge in [-0.2, -0.15) is 0 Å². The summed E-state index contributed by atoms with van der Waals surface area (Å²) in [5.74, 6) is -0.208. The number of carbonyl (C=O) groups is 2. The third kappa shape index (κ3) is 2.71. The predicted octanol–water partition coefficient (Wildman–Crippen LogP) is 3.83. The second-order valence-corrected chi connectivity index (χ2v) is 5.73. The normalized spacial score (nSPS) is 21.1. The summed E-state index contributed by atoms with van der Waals surface area (Å²) in [4.78, 5) is 25.9. The number of imide groups is 1. The van der Waals surface area contributed by atoms with Gasteiger partial charge in [0, 0.05) is 12.1 Å². The van der Waals surface area contributed by atoms with E-state index in [1.807, 2.05) is 44.2 Å². The van der Waals surface area contributed by atoms with Crippen molar-refractivity contribution in [2.45, 2.75) is 52.9 Å². The van der Waals surface area contributed by atoms with Crippen LogP contribution < -0.4 is 10.0 Å². The maximum atomic E-state index is 13.0. The van der Waals surface area contributed by atoms with Crippen LogP contribution in [-0.4, -0.2) is 11.8 Å². The van der Waals surface area contributed by atoms with Crippen molar-refractivity contribution >= 4 is 17.5 Å². The lowest BCUT2D eigenvalue weighted by atomic mass is 10.1. The summed E-state index contributed by atoms with van der Waals surface area (Å²) >= 11 is 0. The van der Waals surface area contributed by atoms with Gasteiger partial charge in [-0.25, -0.2) is 15.0 Å². The average molecular weight is 301 g/mol. The fourth-order valence-corrected chi connectivity index (χ4v) is 3.00. The zero-order chi connectivity index (χ0) is 16.2. The van der Waals surface area contributed by atoms with Crippen LogP contribution in [-0.2, 0) is 9.59 Å². The van der Waals surface area contributed by atoms with Crippen LogP contribution in [0.15, 0.2) is 41.6 Å². The van der Waals surface area contributed by atoms with Gasteiger partial charge in [-0.15, -0.1) is 0 Å². The monoisotopic (exact) mass is 301 g/mol. The van der Waals surface area contributed by atoms with Gasteiger partial charge in [0.05, 0.1) is 17.7 Å². The number of benzene rings is 1. The molecule has 2 amide bonds. The first-order valence-corrected chi connectivity index (χ1v) is 8.08. The number of unbranched alkanes of at least 4 members (excludes halogenated alkanes) is 2. The Morgan fingerprint density at radius 3 is 2.36 bits per heavy atom. The van der Waals surface area contributed by atoms with Crippen molar-refractivity contribution in [1.29, 1.82) is 0 Å². The molecule has 4 nitrogen and oxygen atoms in total. The van der Waals surface area contributed by atoms with Crippen LogP contribution in [0.3, 0.4) is 0 Å². The number of amides is 2. The highest BCUT2D eigenvalue weighted by Crippen LogP contribution is 2.32. The molecule has 0 aromatic heterocycles. The van der Waals surface area contributed by atoms with Crippen molar-refractivity contribution < 1.29 is 9.59 Å². The number of rotatable bonds is 6. The molecule has 0 spiro atoms. The van der Waals surface area contributed by atoms with E-state index in [-0.39, 0.29) is 16.4 Å². The van der Waals surface area contributed by atoms with E-state index in [1.165, 1.54) is 0 Å². The van der Waals surface area contributed by atoms with E-state index in [0.717, 1.165) is 25.0 Å². The number of quaternary nitrogens is 1. The maximum absolute atomic E-state index is 13.0. The largest absolute Gasteiger partial charge is 0.380 e. The molecule has 1 heterocycles. The summed E-state index contributed by atoms with van der Waals surface area (Å²) in [5, 5.41) is 0. The number of allylic oxidation sites excluding steroid dienone is 1. The van der Waals surface area contributed by atoms with Crippen molar-refractivity contribution in [3.63, 3.8) is 0 Å². The summed E-state index contributed by atoms with van der Waals surface area (Å²) in [5.41, 5.74) is 5.39. The topological polar surface area (TPSA) is 46.2 Å². The smallest absolute Gasteiger partial charge is 0.227 e. The standard InChI is InChI=1S/C18H24N2O2/c1-4-6-8-13-17(21)20(15-11-9-7-10-12-15)18(22)16(5-2)14(3)19-20/h7,9-12H,4-6,8,13H2,1-3H3/p+1. The van der Waals surface area contributed by atoms with Crippen molar-refractivity contribution in [2.24, 2.45) is 0 Å². The molecule has 0 radical (unpaired) electrons. The number of hydrogen-bond donors (Lipinski definition) is 1. The van der Waals surface area contributed by atoms with E-state index >= 15 is 0 Å². The molecule has 0 fully saturated rings. The predicted molar refractivity (Wildman–Crippen MR) is 88.5 cm³/mol. The fraction of sp³-hybridized carbons (Fsp3) is 0.444. The fourth-order valence-electron chi connectivity index (χ4n) is 3.00. The molecule has 118 valence electrons.